The lowest BCUT2D eigenvalue weighted by atomic mass is 10.6. The molecule has 0 radical (unpaired) electrons. The molecule has 0 fully saturated rings. The van der Waals surface area contributed by atoms with Crippen molar-refractivity contribution in [2.45, 2.75) is 6.92 Å². The van der Waals surface area contributed by atoms with Gasteiger partial charge in [0, 0.05) is 11.1 Å². The van der Waals surface area contributed by atoms with Gasteiger partial charge in [-0.05, 0) is 6.92 Å². The van der Waals surface area contributed by atoms with Crippen molar-refractivity contribution in [1.29, 1.82) is 0 Å². The molecule has 72 valence electrons. The highest BCUT2D eigenvalue weighted by Gasteiger charge is 1.99. The van der Waals surface area contributed by atoms with Gasteiger partial charge < -0.3 is 11.1 Å². The maximum atomic E-state index is 5.41. The van der Waals surface area contributed by atoms with E-state index in [-0.39, 0.29) is 0 Å². The molecule has 2 rings (SSSR count). The Kier molecular flexibility index (Phi) is 2.28. The first-order valence-electron chi connectivity index (χ1n) is 4.01. The molecule has 0 aromatic carbocycles. The molecule has 0 aliphatic heterocycles. The predicted molar refractivity (Wildman–Crippen MR) is 56.6 cm³/mol. The van der Waals surface area contributed by atoms with E-state index >= 15 is 0 Å². The zero-order valence-electron chi connectivity index (χ0n) is 7.56. The SMILES string of the molecule is Cc1cnc(Nc2cnc(N)cn2)s1. The molecule has 0 aliphatic rings. The summed E-state index contributed by atoms with van der Waals surface area (Å²) in [7, 11) is 0. The fraction of sp³-hybridized carbons (Fsp3) is 0.125. The zero-order valence-corrected chi connectivity index (χ0v) is 8.38. The zero-order chi connectivity index (χ0) is 9.97. The average molecular weight is 207 g/mol. The lowest BCUT2D eigenvalue weighted by Gasteiger charge is -1.99. The van der Waals surface area contributed by atoms with Crippen molar-refractivity contribution in [2.24, 2.45) is 0 Å². The third-order valence-electron chi connectivity index (χ3n) is 1.53. The maximum Gasteiger partial charge on any atom is 0.188 e. The van der Waals surface area contributed by atoms with E-state index in [2.05, 4.69) is 20.3 Å². The van der Waals surface area contributed by atoms with Crippen LogP contribution in [-0.4, -0.2) is 15.0 Å². The number of thiazole rings is 1. The molecule has 5 nitrogen and oxygen atoms in total. The van der Waals surface area contributed by atoms with Crippen molar-refractivity contribution in [3.05, 3.63) is 23.5 Å². The number of anilines is 3. The molecule has 2 heterocycles. The van der Waals surface area contributed by atoms with Gasteiger partial charge in [0.15, 0.2) is 10.9 Å². The predicted octanol–water partition coefficient (Wildman–Crippen LogP) is 1.57. The number of aryl methyl sites for hydroxylation is 1. The molecule has 0 bridgehead atoms. The van der Waals surface area contributed by atoms with E-state index < -0.39 is 0 Å². The number of nitrogen functional groups attached to an aromatic ring is 1. The van der Waals surface area contributed by atoms with Gasteiger partial charge in [0.05, 0.1) is 12.4 Å². The fourth-order valence-electron chi connectivity index (χ4n) is 0.925. The van der Waals surface area contributed by atoms with Crippen molar-refractivity contribution in [1.82, 2.24) is 15.0 Å². The van der Waals surface area contributed by atoms with Crippen LogP contribution < -0.4 is 11.1 Å². The van der Waals surface area contributed by atoms with Gasteiger partial charge in [-0.3, -0.25) is 0 Å². The summed E-state index contributed by atoms with van der Waals surface area (Å²) in [6.45, 7) is 2.00. The highest BCUT2D eigenvalue weighted by molar-refractivity contribution is 7.15. The Balaban J connectivity index is 2.15. The summed E-state index contributed by atoms with van der Waals surface area (Å²) in [5, 5.41) is 3.84. The molecule has 14 heavy (non-hydrogen) atoms. The van der Waals surface area contributed by atoms with Crippen molar-refractivity contribution in [3.63, 3.8) is 0 Å². The monoisotopic (exact) mass is 207 g/mol. The minimum atomic E-state index is 0.408. The topological polar surface area (TPSA) is 76.7 Å². The third-order valence-corrected chi connectivity index (χ3v) is 2.36. The van der Waals surface area contributed by atoms with Crippen LogP contribution in [0, 0.1) is 6.92 Å². The summed E-state index contributed by atoms with van der Waals surface area (Å²) < 4.78 is 0. The third kappa shape index (κ3) is 1.97. The van der Waals surface area contributed by atoms with Gasteiger partial charge in [-0.2, -0.15) is 0 Å². The standard InChI is InChI=1S/C8H9N5S/c1-5-2-12-8(14-5)13-7-4-10-6(9)3-11-7/h2-4H,1H3,(H2,9,10)(H,11,12,13). The quantitative estimate of drug-likeness (QED) is 0.781. The molecule has 0 unspecified atom stereocenters. The summed E-state index contributed by atoms with van der Waals surface area (Å²) in [4.78, 5) is 13.3. The summed E-state index contributed by atoms with van der Waals surface area (Å²) >= 11 is 1.57. The van der Waals surface area contributed by atoms with E-state index in [4.69, 9.17) is 5.73 Å². The first kappa shape index (κ1) is 8.89. The van der Waals surface area contributed by atoms with Gasteiger partial charge >= 0.3 is 0 Å². The fourth-order valence-corrected chi connectivity index (χ4v) is 1.60. The Bertz CT molecular complexity index is 422. The number of nitrogens with one attached hydrogen (secondary N) is 1. The smallest absolute Gasteiger partial charge is 0.188 e. The van der Waals surface area contributed by atoms with E-state index in [0.29, 0.717) is 11.6 Å². The highest BCUT2D eigenvalue weighted by Crippen LogP contribution is 2.19. The molecule has 0 saturated carbocycles. The summed E-state index contributed by atoms with van der Waals surface area (Å²) in [5.74, 6) is 1.06. The number of aromatic nitrogens is 3. The Morgan fingerprint density at radius 3 is 2.64 bits per heavy atom. The molecule has 6 heteroatoms. The Morgan fingerprint density at radius 2 is 2.07 bits per heavy atom. The van der Waals surface area contributed by atoms with Crippen LogP contribution in [0.4, 0.5) is 16.8 Å². The molecule has 0 saturated heterocycles. The molecule has 2 aromatic rings. The van der Waals surface area contributed by atoms with Crippen LogP contribution >= 0.6 is 11.3 Å². The van der Waals surface area contributed by atoms with Crippen molar-refractivity contribution in [2.75, 3.05) is 11.1 Å². The number of rotatable bonds is 2. The van der Waals surface area contributed by atoms with E-state index in [9.17, 15) is 0 Å². The van der Waals surface area contributed by atoms with Crippen LogP contribution in [0.5, 0.6) is 0 Å². The molecule has 0 atom stereocenters. The van der Waals surface area contributed by atoms with Crippen molar-refractivity contribution in [3.8, 4) is 0 Å². The second-order valence-electron chi connectivity index (χ2n) is 2.73. The normalized spacial score (nSPS) is 10.1. The van der Waals surface area contributed by atoms with Gasteiger partial charge in [0.2, 0.25) is 0 Å². The minimum Gasteiger partial charge on any atom is -0.382 e. The van der Waals surface area contributed by atoms with E-state index in [0.717, 1.165) is 10.0 Å². The minimum absolute atomic E-state index is 0.408. The van der Waals surface area contributed by atoms with Crippen LogP contribution in [0.2, 0.25) is 0 Å². The average Bonchev–Trinajstić information content (AvgIpc) is 2.56. The van der Waals surface area contributed by atoms with Gasteiger partial charge in [-0.1, -0.05) is 0 Å². The van der Waals surface area contributed by atoms with Gasteiger partial charge in [0.25, 0.3) is 0 Å². The van der Waals surface area contributed by atoms with Crippen LogP contribution in [0.3, 0.4) is 0 Å². The van der Waals surface area contributed by atoms with Crippen LogP contribution in [0.15, 0.2) is 18.6 Å². The Labute approximate surface area is 85.0 Å². The second-order valence-corrected chi connectivity index (χ2v) is 3.96. The van der Waals surface area contributed by atoms with Crippen molar-refractivity contribution >= 4 is 28.1 Å². The number of hydrogen-bond donors (Lipinski definition) is 2. The van der Waals surface area contributed by atoms with Gasteiger partial charge in [0.1, 0.15) is 5.82 Å². The summed E-state index contributed by atoms with van der Waals surface area (Å²) in [5.41, 5.74) is 5.41. The van der Waals surface area contributed by atoms with E-state index in [1.54, 1.807) is 23.7 Å². The lowest BCUT2D eigenvalue weighted by molar-refractivity contribution is 1.20. The van der Waals surface area contributed by atoms with E-state index in [1.165, 1.54) is 6.20 Å². The molecular formula is C8H9N5S. The highest BCUT2D eigenvalue weighted by atomic mass is 32.1. The van der Waals surface area contributed by atoms with Crippen LogP contribution in [0.25, 0.3) is 0 Å². The number of nitrogens with zero attached hydrogens (tertiary/aromatic N) is 3. The molecular weight excluding hydrogens is 198 g/mol. The Hall–Kier alpha value is -1.69. The maximum absolute atomic E-state index is 5.41. The summed E-state index contributed by atoms with van der Waals surface area (Å²) in [6, 6.07) is 0. The van der Waals surface area contributed by atoms with Crippen LogP contribution in [0.1, 0.15) is 4.88 Å². The molecule has 0 amide bonds. The Morgan fingerprint density at radius 1 is 1.21 bits per heavy atom. The summed E-state index contributed by atoms with van der Waals surface area (Å²) in [6.07, 6.45) is 4.88. The van der Waals surface area contributed by atoms with Gasteiger partial charge in [-0.15, -0.1) is 11.3 Å². The first-order valence-corrected chi connectivity index (χ1v) is 4.82. The van der Waals surface area contributed by atoms with Gasteiger partial charge in [-0.25, -0.2) is 15.0 Å². The first-order chi connectivity index (χ1) is 6.74. The molecule has 0 aliphatic carbocycles. The second kappa shape index (κ2) is 3.59. The molecule has 2 aromatic heterocycles. The largest absolute Gasteiger partial charge is 0.382 e. The van der Waals surface area contributed by atoms with E-state index in [1.807, 2.05) is 6.92 Å². The lowest BCUT2D eigenvalue weighted by Crippen LogP contribution is -1.96. The number of nitrogens with two attached hydrogens (primary N) is 1. The molecule has 0 spiro atoms. The number of hydrogen-bond acceptors (Lipinski definition) is 6. The molecule has 3 N–H and O–H groups in total. The van der Waals surface area contributed by atoms with Crippen LogP contribution in [-0.2, 0) is 0 Å². The van der Waals surface area contributed by atoms with Crippen molar-refractivity contribution < 1.29 is 0 Å².